The van der Waals surface area contributed by atoms with Crippen LogP contribution in [0.25, 0.3) is 17.2 Å². The summed E-state index contributed by atoms with van der Waals surface area (Å²) in [5.74, 6) is 0.687. The number of fused-ring (bicyclic) bond motifs is 1. The molecule has 0 saturated heterocycles. The molecule has 0 saturated carbocycles. The van der Waals surface area contributed by atoms with Gasteiger partial charge in [0.15, 0.2) is 11.5 Å². The summed E-state index contributed by atoms with van der Waals surface area (Å²) in [6.45, 7) is 1.94. The van der Waals surface area contributed by atoms with Crippen molar-refractivity contribution >= 4 is 11.3 Å². The number of aryl methyl sites for hydroxylation is 1. The Labute approximate surface area is 91.1 Å². The zero-order chi connectivity index (χ0) is 11.1. The van der Waals surface area contributed by atoms with Crippen molar-refractivity contribution in [1.29, 1.82) is 0 Å². The summed E-state index contributed by atoms with van der Waals surface area (Å²) in [5.41, 5.74) is 8.89. The number of hydrogen-bond donors (Lipinski definition) is 2. The highest BCUT2D eigenvalue weighted by molar-refractivity contribution is 5.57. The molecule has 0 aliphatic rings. The average molecular weight is 214 g/mol. The van der Waals surface area contributed by atoms with Crippen molar-refractivity contribution in [1.82, 2.24) is 24.8 Å². The van der Waals surface area contributed by atoms with Gasteiger partial charge < -0.3 is 5.73 Å². The Morgan fingerprint density at radius 3 is 2.94 bits per heavy atom. The lowest BCUT2D eigenvalue weighted by atomic mass is 10.3. The summed E-state index contributed by atoms with van der Waals surface area (Å²) in [6, 6.07) is 5.54. The number of H-pyrrole nitrogens is 1. The standard InChI is InChI=1S/C10H10N6/c1-6-4-8(13-12-6)10-15-14-9-3-2-7(11)5-16(9)10/h2-5H,11H2,1H3,(H,12,13). The van der Waals surface area contributed by atoms with Crippen LogP contribution in [0.3, 0.4) is 0 Å². The van der Waals surface area contributed by atoms with Crippen LogP contribution in [0, 0.1) is 6.92 Å². The second kappa shape index (κ2) is 3.06. The minimum absolute atomic E-state index is 0.667. The van der Waals surface area contributed by atoms with Crippen LogP contribution in [-0.4, -0.2) is 24.8 Å². The Balaban J connectivity index is 2.27. The predicted molar refractivity (Wildman–Crippen MR) is 59.7 cm³/mol. The maximum atomic E-state index is 5.73. The molecule has 6 nitrogen and oxygen atoms in total. The van der Waals surface area contributed by atoms with Crippen LogP contribution in [0.5, 0.6) is 0 Å². The summed E-state index contributed by atoms with van der Waals surface area (Å²) in [5, 5.41) is 15.2. The van der Waals surface area contributed by atoms with E-state index in [0.717, 1.165) is 17.0 Å². The van der Waals surface area contributed by atoms with E-state index in [2.05, 4.69) is 20.4 Å². The van der Waals surface area contributed by atoms with Gasteiger partial charge in [-0.2, -0.15) is 5.10 Å². The fourth-order valence-corrected chi connectivity index (χ4v) is 1.61. The number of aromatic nitrogens is 5. The molecule has 3 heterocycles. The molecule has 3 rings (SSSR count). The molecule has 0 atom stereocenters. The molecular weight excluding hydrogens is 204 g/mol. The van der Waals surface area contributed by atoms with Gasteiger partial charge in [-0.1, -0.05) is 0 Å². The smallest absolute Gasteiger partial charge is 0.188 e. The number of nitrogens with one attached hydrogen (secondary N) is 1. The van der Waals surface area contributed by atoms with E-state index < -0.39 is 0 Å². The quantitative estimate of drug-likeness (QED) is 0.633. The Morgan fingerprint density at radius 1 is 1.31 bits per heavy atom. The van der Waals surface area contributed by atoms with Crippen LogP contribution in [0.4, 0.5) is 5.69 Å². The van der Waals surface area contributed by atoms with E-state index in [1.807, 2.05) is 23.5 Å². The molecule has 3 aromatic rings. The molecule has 0 aliphatic carbocycles. The zero-order valence-electron chi connectivity index (χ0n) is 8.68. The van der Waals surface area contributed by atoms with Gasteiger partial charge in [-0.3, -0.25) is 9.50 Å². The van der Waals surface area contributed by atoms with E-state index in [4.69, 9.17) is 5.73 Å². The Hall–Kier alpha value is -2.37. The minimum Gasteiger partial charge on any atom is -0.398 e. The van der Waals surface area contributed by atoms with Crippen LogP contribution in [0.2, 0.25) is 0 Å². The van der Waals surface area contributed by atoms with E-state index >= 15 is 0 Å². The molecule has 80 valence electrons. The molecule has 0 amide bonds. The van der Waals surface area contributed by atoms with Crippen LogP contribution in [-0.2, 0) is 0 Å². The predicted octanol–water partition coefficient (Wildman–Crippen LogP) is 1.01. The third-order valence-corrected chi connectivity index (χ3v) is 2.36. The first-order chi connectivity index (χ1) is 7.74. The fourth-order valence-electron chi connectivity index (χ4n) is 1.61. The zero-order valence-corrected chi connectivity index (χ0v) is 8.68. The van der Waals surface area contributed by atoms with Gasteiger partial charge in [-0.25, -0.2) is 0 Å². The van der Waals surface area contributed by atoms with Crippen LogP contribution in [0.15, 0.2) is 24.4 Å². The van der Waals surface area contributed by atoms with Gasteiger partial charge in [0.2, 0.25) is 0 Å². The Bertz CT molecular complexity index is 650. The number of nitrogens with two attached hydrogens (primary N) is 1. The molecule has 0 aliphatic heterocycles. The molecule has 0 bridgehead atoms. The lowest BCUT2D eigenvalue weighted by Gasteiger charge is -1.97. The summed E-state index contributed by atoms with van der Waals surface area (Å²) < 4.78 is 1.82. The molecule has 0 unspecified atom stereocenters. The molecule has 3 N–H and O–H groups in total. The van der Waals surface area contributed by atoms with Crippen molar-refractivity contribution in [3.8, 4) is 11.5 Å². The largest absolute Gasteiger partial charge is 0.398 e. The Morgan fingerprint density at radius 2 is 2.19 bits per heavy atom. The summed E-state index contributed by atoms with van der Waals surface area (Å²) in [4.78, 5) is 0. The molecule has 6 heteroatoms. The minimum atomic E-state index is 0.667. The molecule has 16 heavy (non-hydrogen) atoms. The molecule has 0 fully saturated rings. The number of anilines is 1. The highest BCUT2D eigenvalue weighted by Crippen LogP contribution is 2.17. The van der Waals surface area contributed by atoms with Crippen molar-refractivity contribution in [3.63, 3.8) is 0 Å². The Kier molecular flexibility index (Phi) is 1.70. The number of nitrogen functional groups attached to an aromatic ring is 1. The second-order valence-electron chi connectivity index (χ2n) is 3.65. The van der Waals surface area contributed by atoms with Crippen molar-refractivity contribution in [2.45, 2.75) is 6.92 Å². The molecule has 0 aromatic carbocycles. The van der Waals surface area contributed by atoms with Crippen molar-refractivity contribution in [2.75, 3.05) is 5.73 Å². The SMILES string of the molecule is Cc1cc(-c2nnc3ccc(N)cn23)n[nH]1. The van der Waals surface area contributed by atoms with Gasteiger partial charge in [0.1, 0.15) is 5.69 Å². The van der Waals surface area contributed by atoms with Gasteiger partial charge in [0.05, 0.1) is 0 Å². The van der Waals surface area contributed by atoms with Gasteiger partial charge in [-0.15, -0.1) is 10.2 Å². The average Bonchev–Trinajstić information content (AvgIpc) is 2.83. The topological polar surface area (TPSA) is 84.9 Å². The van der Waals surface area contributed by atoms with Crippen molar-refractivity contribution in [3.05, 3.63) is 30.1 Å². The normalized spacial score (nSPS) is 11.1. The van der Waals surface area contributed by atoms with Crippen LogP contribution >= 0.6 is 0 Å². The van der Waals surface area contributed by atoms with E-state index in [1.54, 1.807) is 12.3 Å². The number of rotatable bonds is 1. The number of hydrogen-bond acceptors (Lipinski definition) is 4. The lowest BCUT2D eigenvalue weighted by molar-refractivity contribution is 1.02. The number of nitrogens with zero attached hydrogens (tertiary/aromatic N) is 4. The molecular formula is C10H10N6. The summed E-state index contributed by atoms with van der Waals surface area (Å²) >= 11 is 0. The van der Waals surface area contributed by atoms with Crippen LogP contribution < -0.4 is 5.73 Å². The first-order valence-electron chi connectivity index (χ1n) is 4.87. The maximum Gasteiger partial charge on any atom is 0.188 e. The lowest BCUT2D eigenvalue weighted by Crippen LogP contribution is -1.93. The maximum absolute atomic E-state index is 5.73. The third kappa shape index (κ3) is 1.23. The van der Waals surface area contributed by atoms with Gasteiger partial charge in [0, 0.05) is 17.6 Å². The van der Waals surface area contributed by atoms with E-state index in [0.29, 0.717) is 11.5 Å². The van der Waals surface area contributed by atoms with E-state index in [-0.39, 0.29) is 0 Å². The van der Waals surface area contributed by atoms with E-state index in [1.165, 1.54) is 0 Å². The highest BCUT2D eigenvalue weighted by atomic mass is 15.3. The highest BCUT2D eigenvalue weighted by Gasteiger charge is 2.10. The first-order valence-corrected chi connectivity index (χ1v) is 4.87. The molecule has 0 spiro atoms. The monoisotopic (exact) mass is 214 g/mol. The molecule has 3 aromatic heterocycles. The molecule has 0 radical (unpaired) electrons. The fraction of sp³-hybridized carbons (Fsp3) is 0.100. The van der Waals surface area contributed by atoms with Gasteiger partial charge >= 0.3 is 0 Å². The van der Waals surface area contributed by atoms with Gasteiger partial charge in [-0.05, 0) is 25.1 Å². The van der Waals surface area contributed by atoms with E-state index in [9.17, 15) is 0 Å². The van der Waals surface area contributed by atoms with Crippen molar-refractivity contribution < 1.29 is 0 Å². The van der Waals surface area contributed by atoms with Crippen molar-refractivity contribution in [2.24, 2.45) is 0 Å². The first kappa shape index (κ1) is 8.90. The summed E-state index contributed by atoms with van der Waals surface area (Å²) in [6.07, 6.45) is 1.79. The number of aromatic amines is 1. The summed E-state index contributed by atoms with van der Waals surface area (Å²) in [7, 11) is 0. The van der Waals surface area contributed by atoms with Crippen LogP contribution in [0.1, 0.15) is 5.69 Å². The third-order valence-electron chi connectivity index (χ3n) is 2.36. The number of pyridine rings is 1. The second-order valence-corrected chi connectivity index (χ2v) is 3.65. The van der Waals surface area contributed by atoms with Gasteiger partial charge in [0.25, 0.3) is 0 Å².